The monoisotopic (exact) mass is 709 g/mol. The molecule has 2 saturated heterocycles. The molecule has 2 fully saturated rings. The number of carbonyl (C=O) groups is 4. The highest BCUT2D eigenvalue weighted by Crippen LogP contribution is 2.28. The van der Waals surface area contributed by atoms with Gasteiger partial charge in [-0.15, -0.1) is 11.8 Å². The maximum Gasteiger partial charge on any atom is 0.321 e. The highest BCUT2D eigenvalue weighted by Gasteiger charge is 2.39. The van der Waals surface area contributed by atoms with Crippen molar-refractivity contribution in [3.63, 3.8) is 0 Å². The average Bonchev–Trinajstić information content (AvgIpc) is 3.63. The summed E-state index contributed by atoms with van der Waals surface area (Å²) >= 11 is 1.07. The van der Waals surface area contributed by atoms with Crippen LogP contribution >= 0.6 is 11.8 Å². The molecular weight excluding hydrogens is 662 g/mol. The Morgan fingerprint density at radius 2 is 1.90 bits per heavy atom. The number of hydrogen-bond donors (Lipinski definition) is 4. The zero-order chi connectivity index (χ0) is 35.8. The predicted octanol–water partition coefficient (Wildman–Crippen LogP) is 1.98. The maximum atomic E-state index is 13.0. The van der Waals surface area contributed by atoms with Crippen LogP contribution in [0.25, 0.3) is 11.0 Å². The number of nitrogens with two attached hydrogens (primary N) is 2. The molecular formula is C34H47N9O6S. The SMILES string of the molecule is CCCCCNc1nc(N)nc2ccn(Cc3ccc(CN4CCN(C(=O)CCN5C(=O)CC(SC[C@H](N)C(=O)O)C5=O)CC4)cc3OC)c12. The number of likely N-dealkylation sites (tertiary alicyclic amines) is 1. The van der Waals surface area contributed by atoms with Gasteiger partial charge in [-0.1, -0.05) is 31.9 Å². The Morgan fingerprint density at radius 1 is 1.12 bits per heavy atom. The summed E-state index contributed by atoms with van der Waals surface area (Å²) in [5.74, 6) is -0.232. The van der Waals surface area contributed by atoms with Crippen LogP contribution in [0.2, 0.25) is 0 Å². The second-order valence-electron chi connectivity index (χ2n) is 12.6. The van der Waals surface area contributed by atoms with Crippen LogP contribution in [0.15, 0.2) is 30.5 Å². The summed E-state index contributed by atoms with van der Waals surface area (Å²) in [7, 11) is 1.67. The molecule has 16 heteroatoms. The van der Waals surface area contributed by atoms with Crippen LogP contribution in [0.4, 0.5) is 11.8 Å². The van der Waals surface area contributed by atoms with Gasteiger partial charge in [-0.3, -0.25) is 29.0 Å². The van der Waals surface area contributed by atoms with Gasteiger partial charge in [-0.25, -0.2) is 4.98 Å². The minimum absolute atomic E-state index is 0.0140. The number of aromatic nitrogens is 3. The van der Waals surface area contributed by atoms with Crippen molar-refractivity contribution in [2.24, 2.45) is 5.73 Å². The number of amides is 3. The molecule has 270 valence electrons. The van der Waals surface area contributed by atoms with E-state index in [4.69, 9.17) is 21.3 Å². The Balaban J connectivity index is 1.12. The van der Waals surface area contributed by atoms with Gasteiger partial charge in [0.15, 0.2) is 5.82 Å². The predicted molar refractivity (Wildman–Crippen MR) is 192 cm³/mol. The van der Waals surface area contributed by atoms with Gasteiger partial charge in [-0.2, -0.15) is 4.98 Å². The second kappa shape index (κ2) is 17.0. The van der Waals surface area contributed by atoms with Crippen LogP contribution in [0.3, 0.4) is 0 Å². The first-order chi connectivity index (χ1) is 24.1. The summed E-state index contributed by atoms with van der Waals surface area (Å²) in [6.45, 7) is 6.73. The van der Waals surface area contributed by atoms with Gasteiger partial charge in [0, 0.05) is 76.2 Å². The molecule has 3 amide bonds. The van der Waals surface area contributed by atoms with Gasteiger partial charge >= 0.3 is 5.97 Å². The van der Waals surface area contributed by atoms with Crippen LogP contribution in [0, 0.1) is 0 Å². The molecule has 2 aliphatic heterocycles. The normalized spacial score (nSPS) is 17.5. The first kappa shape index (κ1) is 36.9. The fraction of sp³-hybridized carbons (Fsp3) is 0.529. The molecule has 1 aromatic carbocycles. The van der Waals surface area contributed by atoms with Gasteiger partial charge in [0.2, 0.25) is 23.7 Å². The van der Waals surface area contributed by atoms with Crippen molar-refractivity contribution in [3.05, 3.63) is 41.6 Å². The third kappa shape index (κ3) is 9.03. The Bertz CT molecular complexity index is 1690. The number of imide groups is 1. The van der Waals surface area contributed by atoms with Crippen molar-refractivity contribution in [2.75, 3.05) is 63.2 Å². The number of nitrogen functional groups attached to an aromatic ring is 1. The molecule has 2 aliphatic rings. The van der Waals surface area contributed by atoms with Crippen molar-refractivity contribution < 1.29 is 29.0 Å². The summed E-state index contributed by atoms with van der Waals surface area (Å²) in [5.41, 5.74) is 15.3. The summed E-state index contributed by atoms with van der Waals surface area (Å²) in [4.78, 5) is 63.2. The van der Waals surface area contributed by atoms with E-state index >= 15 is 0 Å². The van der Waals surface area contributed by atoms with Crippen molar-refractivity contribution in [1.82, 2.24) is 29.2 Å². The van der Waals surface area contributed by atoms with E-state index in [9.17, 15) is 19.2 Å². The van der Waals surface area contributed by atoms with Crippen molar-refractivity contribution in [2.45, 2.75) is 63.4 Å². The van der Waals surface area contributed by atoms with Crippen LogP contribution in [0.1, 0.15) is 50.2 Å². The minimum Gasteiger partial charge on any atom is -0.496 e. The fourth-order valence-corrected chi connectivity index (χ4v) is 7.36. The van der Waals surface area contributed by atoms with Crippen LogP contribution < -0.4 is 21.5 Å². The first-order valence-electron chi connectivity index (χ1n) is 17.0. The highest BCUT2D eigenvalue weighted by molar-refractivity contribution is 8.00. The number of benzene rings is 1. The topological polar surface area (TPSA) is 202 Å². The number of thioether (sulfide) groups is 1. The number of methoxy groups -OCH3 is 1. The van der Waals surface area contributed by atoms with Crippen LogP contribution in [0.5, 0.6) is 5.75 Å². The molecule has 50 heavy (non-hydrogen) atoms. The number of carboxylic acid groups (broad SMARTS) is 1. The quantitative estimate of drug-likeness (QED) is 0.117. The number of ether oxygens (including phenoxy) is 1. The number of piperazine rings is 1. The number of carbonyl (C=O) groups excluding carboxylic acids is 3. The number of carboxylic acids is 1. The number of nitrogens with one attached hydrogen (secondary N) is 1. The van der Waals surface area contributed by atoms with E-state index < -0.39 is 23.2 Å². The standard InChI is InChI=1S/C34H47N9O6S/c1-3-4-5-10-37-31-30-25(38-34(36)39-31)8-11-42(30)20-23-7-6-22(17-26(23)49-2)19-40-13-15-41(16-14-40)28(44)9-12-43-29(45)18-27(32(43)46)50-21-24(35)33(47)48/h6-8,11,17,24,27H,3-5,9-10,12-16,18-21,35H2,1-2H3,(H,47,48)(H3,36,37,38,39)/t24-,27?/m0/s1. The first-order valence-corrected chi connectivity index (χ1v) is 18.1. The van der Waals surface area contributed by atoms with E-state index in [2.05, 4.69) is 49.9 Å². The molecule has 15 nitrogen and oxygen atoms in total. The molecule has 4 heterocycles. The Hall–Kier alpha value is -4.41. The maximum absolute atomic E-state index is 13.0. The third-order valence-electron chi connectivity index (χ3n) is 9.07. The van der Waals surface area contributed by atoms with Gasteiger partial charge < -0.3 is 36.1 Å². The fourth-order valence-electron chi connectivity index (χ4n) is 6.25. The minimum atomic E-state index is -1.16. The van der Waals surface area contributed by atoms with Gasteiger partial charge in [0.1, 0.15) is 17.3 Å². The lowest BCUT2D eigenvalue weighted by atomic mass is 10.1. The van der Waals surface area contributed by atoms with E-state index in [1.165, 1.54) is 0 Å². The van der Waals surface area contributed by atoms with Gasteiger partial charge in [0.05, 0.1) is 24.4 Å². The Kier molecular flexibility index (Phi) is 12.5. The smallest absolute Gasteiger partial charge is 0.321 e. The van der Waals surface area contributed by atoms with E-state index in [-0.39, 0.29) is 42.9 Å². The van der Waals surface area contributed by atoms with Crippen LogP contribution in [-0.4, -0.2) is 121 Å². The Morgan fingerprint density at radius 3 is 2.62 bits per heavy atom. The molecule has 0 saturated carbocycles. The molecule has 0 spiro atoms. The number of rotatable bonds is 17. The van der Waals surface area contributed by atoms with Crippen molar-refractivity contribution >= 4 is 58.3 Å². The van der Waals surface area contributed by atoms with Gasteiger partial charge in [-0.05, 0) is 24.1 Å². The molecule has 0 radical (unpaired) electrons. The Labute approximate surface area is 295 Å². The lowest BCUT2D eigenvalue weighted by molar-refractivity contribution is -0.140. The lowest BCUT2D eigenvalue weighted by Gasteiger charge is -2.35. The number of anilines is 2. The largest absolute Gasteiger partial charge is 0.496 e. The third-order valence-corrected chi connectivity index (χ3v) is 10.4. The lowest BCUT2D eigenvalue weighted by Crippen LogP contribution is -2.49. The van der Waals surface area contributed by atoms with Crippen LogP contribution in [-0.2, 0) is 32.3 Å². The molecule has 3 aromatic rings. The molecule has 0 aliphatic carbocycles. The number of hydrogen-bond acceptors (Lipinski definition) is 12. The summed E-state index contributed by atoms with van der Waals surface area (Å²) < 4.78 is 7.92. The van der Waals surface area contributed by atoms with E-state index in [0.717, 1.165) is 76.2 Å². The summed E-state index contributed by atoms with van der Waals surface area (Å²) in [6.07, 6.45) is 5.34. The second-order valence-corrected chi connectivity index (χ2v) is 13.9. The molecule has 2 atom stereocenters. The molecule has 0 bridgehead atoms. The molecule has 6 N–H and O–H groups in total. The van der Waals surface area contributed by atoms with E-state index in [1.54, 1.807) is 12.0 Å². The molecule has 2 aromatic heterocycles. The van der Waals surface area contributed by atoms with Crippen molar-refractivity contribution in [3.8, 4) is 5.75 Å². The summed E-state index contributed by atoms with van der Waals surface area (Å²) in [5, 5.41) is 11.7. The number of fused-ring (bicyclic) bond motifs is 1. The molecule has 1 unspecified atom stereocenters. The van der Waals surface area contributed by atoms with Gasteiger partial charge in [0.25, 0.3) is 0 Å². The average molecular weight is 710 g/mol. The highest BCUT2D eigenvalue weighted by atomic mass is 32.2. The number of unbranched alkanes of at least 4 members (excludes halogenated alkanes) is 2. The zero-order valence-electron chi connectivity index (χ0n) is 28.7. The molecule has 5 rings (SSSR count). The van der Waals surface area contributed by atoms with Crippen molar-refractivity contribution in [1.29, 1.82) is 0 Å². The summed E-state index contributed by atoms with van der Waals surface area (Å²) in [6, 6.07) is 7.08. The van der Waals surface area contributed by atoms with E-state index in [1.807, 2.05) is 12.3 Å². The number of nitrogens with zero attached hydrogens (tertiary/aromatic N) is 6. The zero-order valence-corrected chi connectivity index (χ0v) is 29.5. The van der Waals surface area contributed by atoms with E-state index in [0.29, 0.717) is 39.3 Å². The number of aliphatic carboxylic acids is 1.